The summed E-state index contributed by atoms with van der Waals surface area (Å²) in [5, 5.41) is 4.56. The van der Waals surface area contributed by atoms with Crippen LogP contribution in [0.2, 0.25) is 0 Å². The van der Waals surface area contributed by atoms with Crippen molar-refractivity contribution >= 4 is 54.9 Å². The second-order valence-corrected chi connectivity index (χ2v) is 8.76. The first kappa shape index (κ1) is 18.5. The molecule has 4 aromatic heterocycles. The van der Waals surface area contributed by atoms with Crippen LogP contribution in [0.3, 0.4) is 0 Å². The van der Waals surface area contributed by atoms with Gasteiger partial charge in [0.2, 0.25) is 5.71 Å². The zero-order valence-electron chi connectivity index (χ0n) is 18.6. The predicted octanol–water partition coefficient (Wildman–Crippen LogP) is 7.42. The number of aromatic nitrogens is 4. The Morgan fingerprint density at radius 1 is 0.600 bits per heavy atom. The highest BCUT2D eigenvalue weighted by Crippen LogP contribution is 2.38. The van der Waals surface area contributed by atoms with E-state index in [1.165, 1.54) is 21.8 Å². The van der Waals surface area contributed by atoms with E-state index in [4.69, 9.17) is 4.42 Å². The number of fused-ring (bicyclic) bond motifs is 8. The van der Waals surface area contributed by atoms with E-state index in [1.807, 2.05) is 24.4 Å². The average molecular weight is 451 g/mol. The first-order valence-corrected chi connectivity index (χ1v) is 11.6. The molecule has 0 bridgehead atoms. The summed E-state index contributed by atoms with van der Waals surface area (Å²) in [5.74, 6) is 0. The Morgan fingerprint density at radius 3 is 2.03 bits per heavy atom. The monoisotopic (exact) mass is 450 g/mol. The Hall–Kier alpha value is -4.90. The van der Waals surface area contributed by atoms with Crippen LogP contribution < -0.4 is 0 Å². The van der Waals surface area contributed by atoms with Gasteiger partial charge in [0.25, 0.3) is 0 Å². The predicted molar refractivity (Wildman–Crippen MR) is 140 cm³/mol. The standard InChI is InChI=1S/C30H18N4O/c1-4-13-24-21(10-1)22-11-2-5-14-25(22)33(24)19-8-7-9-20(16-19)34-26-17-31-18-32-29(26)28-23-12-3-6-15-27(23)35-30(28)34/h1-18H. The number of rotatable bonds is 2. The fourth-order valence-electron chi connectivity index (χ4n) is 5.44. The molecule has 0 aliphatic carbocycles. The second-order valence-electron chi connectivity index (χ2n) is 8.76. The molecule has 35 heavy (non-hydrogen) atoms. The normalized spacial score (nSPS) is 12.0. The molecule has 0 amide bonds. The van der Waals surface area contributed by atoms with Crippen LogP contribution in [0, 0.1) is 0 Å². The molecule has 0 radical (unpaired) electrons. The van der Waals surface area contributed by atoms with Crippen molar-refractivity contribution in [1.29, 1.82) is 0 Å². The second kappa shape index (κ2) is 6.81. The molecular weight excluding hydrogens is 432 g/mol. The fourth-order valence-corrected chi connectivity index (χ4v) is 5.44. The summed E-state index contributed by atoms with van der Waals surface area (Å²) in [6.07, 6.45) is 3.46. The maximum Gasteiger partial charge on any atom is 0.215 e. The third-order valence-corrected chi connectivity index (χ3v) is 6.88. The van der Waals surface area contributed by atoms with Crippen LogP contribution in [0.25, 0.3) is 66.3 Å². The molecule has 0 saturated heterocycles. The molecular formula is C30H18N4O. The lowest BCUT2D eigenvalue weighted by Gasteiger charge is -2.11. The summed E-state index contributed by atoms with van der Waals surface area (Å²) in [6.45, 7) is 0. The van der Waals surface area contributed by atoms with Crippen LogP contribution in [-0.2, 0) is 0 Å². The smallest absolute Gasteiger partial charge is 0.215 e. The fraction of sp³-hybridized carbons (Fsp3) is 0. The Balaban J connectivity index is 1.46. The lowest BCUT2D eigenvalue weighted by atomic mass is 10.2. The molecule has 0 fully saturated rings. The molecule has 0 saturated carbocycles. The van der Waals surface area contributed by atoms with E-state index in [1.54, 1.807) is 6.33 Å². The van der Waals surface area contributed by atoms with E-state index < -0.39 is 0 Å². The van der Waals surface area contributed by atoms with Gasteiger partial charge in [-0.05, 0) is 36.4 Å². The van der Waals surface area contributed by atoms with E-state index in [0.717, 1.165) is 44.5 Å². The van der Waals surface area contributed by atoms with Crippen molar-refractivity contribution in [3.8, 4) is 11.4 Å². The molecule has 0 atom stereocenters. The van der Waals surface area contributed by atoms with Crippen molar-refractivity contribution in [2.75, 3.05) is 0 Å². The minimum Gasteiger partial charge on any atom is -0.439 e. The van der Waals surface area contributed by atoms with Crippen molar-refractivity contribution in [3.63, 3.8) is 0 Å². The van der Waals surface area contributed by atoms with Gasteiger partial charge in [-0.1, -0.05) is 60.7 Å². The zero-order chi connectivity index (χ0) is 22.9. The number of benzene rings is 4. The van der Waals surface area contributed by atoms with E-state index in [0.29, 0.717) is 0 Å². The first-order valence-electron chi connectivity index (χ1n) is 11.6. The van der Waals surface area contributed by atoms with Gasteiger partial charge in [0.05, 0.1) is 33.8 Å². The van der Waals surface area contributed by atoms with Crippen LogP contribution in [0.1, 0.15) is 0 Å². The highest BCUT2D eigenvalue weighted by atomic mass is 16.3. The Kier molecular flexibility index (Phi) is 3.60. The van der Waals surface area contributed by atoms with Crippen LogP contribution in [0.5, 0.6) is 0 Å². The highest BCUT2D eigenvalue weighted by Gasteiger charge is 2.21. The van der Waals surface area contributed by atoms with Crippen LogP contribution in [0.4, 0.5) is 0 Å². The van der Waals surface area contributed by atoms with Crippen molar-refractivity contribution in [3.05, 3.63) is 110 Å². The van der Waals surface area contributed by atoms with Gasteiger partial charge in [-0.25, -0.2) is 9.97 Å². The molecule has 0 unspecified atom stereocenters. The lowest BCUT2D eigenvalue weighted by Crippen LogP contribution is -1.98. The van der Waals surface area contributed by atoms with Gasteiger partial charge in [-0.3, -0.25) is 4.57 Å². The quantitative estimate of drug-likeness (QED) is 0.275. The number of hydrogen-bond donors (Lipinski definition) is 0. The van der Waals surface area contributed by atoms with Gasteiger partial charge >= 0.3 is 0 Å². The number of nitrogens with zero attached hydrogens (tertiary/aromatic N) is 4. The van der Waals surface area contributed by atoms with Crippen molar-refractivity contribution < 1.29 is 4.42 Å². The maximum atomic E-state index is 6.38. The summed E-state index contributed by atoms with van der Waals surface area (Å²) < 4.78 is 10.8. The Morgan fingerprint density at radius 2 is 1.26 bits per heavy atom. The van der Waals surface area contributed by atoms with E-state index in [2.05, 4.69) is 98.0 Å². The lowest BCUT2D eigenvalue weighted by molar-refractivity contribution is 0.645. The van der Waals surface area contributed by atoms with Gasteiger partial charge in [0.15, 0.2) is 0 Å². The first-order chi connectivity index (χ1) is 17.4. The highest BCUT2D eigenvalue weighted by molar-refractivity contribution is 6.18. The largest absolute Gasteiger partial charge is 0.439 e. The van der Waals surface area contributed by atoms with Gasteiger partial charge in [-0.15, -0.1) is 0 Å². The van der Waals surface area contributed by atoms with Gasteiger partial charge < -0.3 is 8.98 Å². The molecule has 5 nitrogen and oxygen atoms in total. The topological polar surface area (TPSA) is 48.8 Å². The van der Waals surface area contributed by atoms with Gasteiger partial charge in [0.1, 0.15) is 17.4 Å². The SMILES string of the molecule is c1cc(-n2c3ccccc3c3ccccc32)cc(-n2c3cncnc3c3c4ccccc4oc32)c1. The Labute approximate surface area is 199 Å². The minimum atomic E-state index is 0.779. The molecule has 8 aromatic rings. The summed E-state index contributed by atoms with van der Waals surface area (Å²) in [5.41, 5.74) is 7.89. The molecule has 5 heteroatoms. The minimum absolute atomic E-state index is 0.779. The zero-order valence-corrected chi connectivity index (χ0v) is 18.6. The number of hydrogen-bond acceptors (Lipinski definition) is 3. The van der Waals surface area contributed by atoms with Crippen molar-refractivity contribution in [1.82, 2.24) is 19.1 Å². The average Bonchev–Trinajstić information content (AvgIpc) is 3.55. The molecule has 0 N–H and O–H groups in total. The summed E-state index contributed by atoms with van der Waals surface area (Å²) in [4.78, 5) is 8.96. The third-order valence-electron chi connectivity index (χ3n) is 6.88. The molecule has 164 valence electrons. The summed E-state index contributed by atoms with van der Waals surface area (Å²) in [7, 11) is 0. The van der Waals surface area contributed by atoms with Crippen LogP contribution >= 0.6 is 0 Å². The van der Waals surface area contributed by atoms with Crippen LogP contribution in [0.15, 0.2) is 114 Å². The van der Waals surface area contributed by atoms with E-state index in [9.17, 15) is 0 Å². The number of para-hydroxylation sites is 3. The molecule has 0 spiro atoms. The molecule has 4 aromatic carbocycles. The molecule has 8 rings (SSSR count). The van der Waals surface area contributed by atoms with E-state index >= 15 is 0 Å². The Bertz CT molecular complexity index is 2020. The van der Waals surface area contributed by atoms with Crippen LogP contribution in [-0.4, -0.2) is 19.1 Å². The number of furan rings is 1. The summed E-state index contributed by atoms with van der Waals surface area (Å²) in [6, 6.07) is 33.8. The molecule has 0 aliphatic rings. The molecule has 4 heterocycles. The molecule has 0 aliphatic heterocycles. The van der Waals surface area contributed by atoms with Crippen molar-refractivity contribution in [2.24, 2.45) is 0 Å². The van der Waals surface area contributed by atoms with E-state index in [-0.39, 0.29) is 0 Å². The third kappa shape index (κ3) is 2.47. The van der Waals surface area contributed by atoms with Gasteiger partial charge in [-0.2, -0.15) is 0 Å². The van der Waals surface area contributed by atoms with Crippen molar-refractivity contribution in [2.45, 2.75) is 0 Å². The summed E-state index contributed by atoms with van der Waals surface area (Å²) >= 11 is 0. The van der Waals surface area contributed by atoms with Gasteiger partial charge in [0, 0.05) is 21.8 Å². The maximum absolute atomic E-state index is 6.38.